The van der Waals surface area contributed by atoms with Gasteiger partial charge in [-0.15, -0.1) is 0 Å². The number of amides is 1. The summed E-state index contributed by atoms with van der Waals surface area (Å²) in [7, 11) is 0. The zero-order valence-corrected chi connectivity index (χ0v) is 9.03. The molecule has 1 aliphatic rings. The van der Waals surface area contributed by atoms with E-state index in [0.29, 0.717) is 6.42 Å². The number of hydrogen-bond acceptors (Lipinski definition) is 4. The first kappa shape index (κ1) is 11.1. The number of carbonyl (C=O) groups excluding carboxylic acids is 1. The maximum atomic E-state index is 11.7. The van der Waals surface area contributed by atoms with Gasteiger partial charge in [-0.05, 0) is 13.8 Å². The summed E-state index contributed by atoms with van der Waals surface area (Å²) in [6.45, 7) is 7.20. The molecule has 1 amide bonds. The monoisotopic (exact) mass is 199 g/mol. The van der Waals surface area contributed by atoms with Crippen molar-refractivity contribution in [2.24, 2.45) is 11.0 Å². The lowest BCUT2D eigenvalue weighted by molar-refractivity contribution is -0.145. The molecule has 14 heavy (non-hydrogen) atoms. The Morgan fingerprint density at radius 1 is 1.71 bits per heavy atom. The highest BCUT2D eigenvalue weighted by molar-refractivity contribution is 5.89. The van der Waals surface area contributed by atoms with Crippen molar-refractivity contribution in [2.45, 2.75) is 39.8 Å². The molecule has 2 N–H and O–H groups in total. The van der Waals surface area contributed by atoms with Gasteiger partial charge in [-0.3, -0.25) is 4.79 Å². The fraction of sp³-hybridized carbons (Fsp3) is 0.778. The molecular formula is C9H17N3O2. The van der Waals surface area contributed by atoms with Crippen molar-refractivity contribution in [3.05, 3.63) is 0 Å². The van der Waals surface area contributed by atoms with Crippen LogP contribution in [0.2, 0.25) is 0 Å². The van der Waals surface area contributed by atoms with Crippen molar-refractivity contribution in [1.82, 2.24) is 10.5 Å². The topological polar surface area (TPSA) is 64.9 Å². The van der Waals surface area contributed by atoms with Crippen molar-refractivity contribution >= 4 is 11.6 Å². The summed E-state index contributed by atoms with van der Waals surface area (Å²) in [4.78, 5) is 11.7. The summed E-state index contributed by atoms with van der Waals surface area (Å²) in [5.41, 5.74) is 2.20. The number of nitrogens with one attached hydrogen (secondary N) is 1. The van der Waals surface area contributed by atoms with E-state index < -0.39 is 5.66 Å². The van der Waals surface area contributed by atoms with Crippen LogP contribution in [0.5, 0.6) is 0 Å². The zero-order chi connectivity index (χ0) is 10.9. The second kappa shape index (κ2) is 3.67. The quantitative estimate of drug-likeness (QED) is 0.651. The minimum absolute atomic E-state index is 0.0918. The number of nitrogens with zero attached hydrogens (tertiary/aromatic N) is 2. The van der Waals surface area contributed by atoms with Crippen LogP contribution in [0.25, 0.3) is 0 Å². The number of carbonyl (C=O) groups is 1. The smallest absolute Gasteiger partial charge is 0.247 e. The summed E-state index contributed by atoms with van der Waals surface area (Å²) >= 11 is 0. The van der Waals surface area contributed by atoms with E-state index in [0.717, 1.165) is 5.71 Å². The molecule has 0 aromatic rings. The molecule has 0 saturated carbocycles. The van der Waals surface area contributed by atoms with Gasteiger partial charge in [0.25, 0.3) is 0 Å². The summed E-state index contributed by atoms with van der Waals surface area (Å²) in [5, 5.41) is 14.5. The standard InChI is InChI=1S/C9H17N3O2/c1-6(2)8(13)12-9(4,11-14)5-7(3)10-12/h6,11,14H,5H2,1-4H3. The molecule has 5 heteroatoms. The molecular weight excluding hydrogens is 182 g/mol. The molecule has 1 atom stereocenters. The van der Waals surface area contributed by atoms with Gasteiger partial charge in [-0.1, -0.05) is 13.8 Å². The van der Waals surface area contributed by atoms with Gasteiger partial charge in [0.05, 0.1) is 0 Å². The normalized spacial score (nSPS) is 27.0. The molecule has 1 aliphatic heterocycles. The average molecular weight is 199 g/mol. The predicted molar refractivity (Wildman–Crippen MR) is 52.7 cm³/mol. The van der Waals surface area contributed by atoms with Crippen LogP contribution in [0.3, 0.4) is 0 Å². The number of hydroxylamine groups is 1. The van der Waals surface area contributed by atoms with Gasteiger partial charge in [0.15, 0.2) is 0 Å². The Hall–Kier alpha value is -0.940. The molecule has 0 bridgehead atoms. The molecule has 1 rings (SSSR count). The Bertz CT molecular complexity index is 275. The van der Waals surface area contributed by atoms with Gasteiger partial charge in [0.2, 0.25) is 5.91 Å². The fourth-order valence-electron chi connectivity index (χ4n) is 1.51. The third-order valence-corrected chi connectivity index (χ3v) is 2.28. The highest BCUT2D eigenvalue weighted by Crippen LogP contribution is 2.25. The summed E-state index contributed by atoms with van der Waals surface area (Å²) in [6.07, 6.45) is 0.544. The minimum Gasteiger partial charge on any atom is -0.314 e. The lowest BCUT2D eigenvalue weighted by Gasteiger charge is -2.31. The third-order valence-electron chi connectivity index (χ3n) is 2.28. The first-order valence-corrected chi connectivity index (χ1v) is 4.70. The maximum Gasteiger partial charge on any atom is 0.247 e. The molecule has 80 valence electrons. The van der Waals surface area contributed by atoms with Crippen LogP contribution in [-0.2, 0) is 4.79 Å². The molecule has 1 unspecified atom stereocenters. The molecule has 1 heterocycles. The van der Waals surface area contributed by atoms with E-state index in [1.807, 2.05) is 20.8 Å². The molecule has 0 aromatic heterocycles. The van der Waals surface area contributed by atoms with Gasteiger partial charge in [-0.2, -0.15) is 10.6 Å². The van der Waals surface area contributed by atoms with Crippen molar-refractivity contribution in [2.75, 3.05) is 0 Å². The summed E-state index contributed by atoms with van der Waals surface area (Å²) < 4.78 is 0. The van der Waals surface area contributed by atoms with Crippen molar-refractivity contribution in [3.8, 4) is 0 Å². The summed E-state index contributed by atoms with van der Waals surface area (Å²) in [6, 6.07) is 0. The van der Waals surface area contributed by atoms with Gasteiger partial charge in [0.1, 0.15) is 5.66 Å². The van der Waals surface area contributed by atoms with Crippen molar-refractivity contribution < 1.29 is 10.0 Å². The van der Waals surface area contributed by atoms with Crippen LogP contribution in [0, 0.1) is 5.92 Å². The molecule has 0 saturated heterocycles. The van der Waals surface area contributed by atoms with E-state index in [4.69, 9.17) is 5.21 Å². The molecule has 0 fully saturated rings. The number of rotatable bonds is 2. The second-order valence-corrected chi connectivity index (χ2v) is 4.20. The Morgan fingerprint density at radius 3 is 2.71 bits per heavy atom. The van der Waals surface area contributed by atoms with Gasteiger partial charge in [0, 0.05) is 18.1 Å². The Kier molecular flexibility index (Phi) is 2.92. The van der Waals surface area contributed by atoms with E-state index in [-0.39, 0.29) is 11.8 Å². The molecule has 0 radical (unpaired) electrons. The van der Waals surface area contributed by atoms with Crippen LogP contribution in [-0.4, -0.2) is 27.5 Å². The highest BCUT2D eigenvalue weighted by atomic mass is 16.5. The van der Waals surface area contributed by atoms with Crippen LogP contribution in [0.1, 0.15) is 34.1 Å². The molecule has 0 aromatic carbocycles. The zero-order valence-electron chi connectivity index (χ0n) is 9.03. The van der Waals surface area contributed by atoms with E-state index in [1.54, 1.807) is 6.92 Å². The van der Waals surface area contributed by atoms with Crippen molar-refractivity contribution in [3.63, 3.8) is 0 Å². The lowest BCUT2D eigenvalue weighted by Crippen LogP contribution is -2.54. The summed E-state index contributed by atoms with van der Waals surface area (Å²) in [5.74, 6) is -0.219. The lowest BCUT2D eigenvalue weighted by atomic mass is 10.1. The fourth-order valence-corrected chi connectivity index (χ4v) is 1.51. The Labute approximate surface area is 83.7 Å². The Morgan fingerprint density at radius 2 is 2.29 bits per heavy atom. The van der Waals surface area contributed by atoms with Gasteiger partial charge < -0.3 is 5.21 Å². The van der Waals surface area contributed by atoms with Crippen LogP contribution in [0.4, 0.5) is 0 Å². The minimum atomic E-state index is -0.786. The van der Waals surface area contributed by atoms with E-state index >= 15 is 0 Å². The van der Waals surface area contributed by atoms with Gasteiger partial charge in [-0.25, -0.2) is 5.01 Å². The molecule has 0 spiro atoms. The maximum absolute atomic E-state index is 11.7. The largest absolute Gasteiger partial charge is 0.314 e. The SMILES string of the molecule is CC1=NN(C(=O)C(C)C)C(C)(NO)C1. The predicted octanol–water partition coefficient (Wildman–Crippen LogP) is 0.946. The van der Waals surface area contributed by atoms with Crippen LogP contribution in [0.15, 0.2) is 5.10 Å². The third kappa shape index (κ3) is 1.78. The first-order chi connectivity index (χ1) is 6.40. The highest BCUT2D eigenvalue weighted by Gasteiger charge is 2.41. The van der Waals surface area contributed by atoms with Gasteiger partial charge >= 0.3 is 0 Å². The first-order valence-electron chi connectivity index (χ1n) is 4.70. The van der Waals surface area contributed by atoms with Crippen LogP contribution < -0.4 is 5.48 Å². The molecule has 0 aliphatic carbocycles. The second-order valence-electron chi connectivity index (χ2n) is 4.20. The number of hydrazone groups is 1. The van der Waals surface area contributed by atoms with Crippen molar-refractivity contribution in [1.29, 1.82) is 0 Å². The van der Waals surface area contributed by atoms with E-state index in [9.17, 15) is 4.79 Å². The van der Waals surface area contributed by atoms with E-state index in [2.05, 4.69) is 10.6 Å². The molecule has 5 nitrogen and oxygen atoms in total. The van der Waals surface area contributed by atoms with Crippen LogP contribution >= 0.6 is 0 Å². The average Bonchev–Trinajstić information content (AvgIpc) is 2.41. The van der Waals surface area contributed by atoms with E-state index in [1.165, 1.54) is 5.01 Å². The number of hydrogen-bond donors (Lipinski definition) is 2. The Balaban J connectivity index is 2.90.